The molecule has 0 radical (unpaired) electrons. The molecule has 48 heavy (non-hydrogen) atoms. The van der Waals surface area contributed by atoms with Gasteiger partial charge in [-0.2, -0.15) is 0 Å². The predicted octanol–water partition coefficient (Wildman–Crippen LogP) is 5.76. The molecule has 0 aliphatic carbocycles. The van der Waals surface area contributed by atoms with E-state index in [4.69, 9.17) is 0 Å². The summed E-state index contributed by atoms with van der Waals surface area (Å²) in [4.78, 5) is 49.0. The molecule has 0 bridgehead atoms. The second-order valence-corrected chi connectivity index (χ2v) is 12.0. The number of benzene rings is 4. The van der Waals surface area contributed by atoms with Crippen molar-refractivity contribution in [1.29, 1.82) is 0 Å². The summed E-state index contributed by atoms with van der Waals surface area (Å²) in [6, 6.07) is 30.5. The number of hydrogen-bond donors (Lipinski definition) is 4. The standard InChI is InChI=1S/C40H35N5O3/c46-38(19-20-39(47)45-26-30-11-2-1-9-27(30)17-18-28-10-3-8-16-37(28)45)44-36(23-31-25-43-35-15-7-5-13-33(31)35)40(48)41-22-21-29-24-42-34-14-6-4-12-32(29)34/h1-16,24-25,36,42-43H,19-23,26H2,(H,41,48)(H,44,46). The van der Waals surface area contributed by atoms with Gasteiger partial charge in [0.05, 0.1) is 12.2 Å². The van der Waals surface area contributed by atoms with Gasteiger partial charge in [-0.15, -0.1) is 0 Å². The molecule has 0 fully saturated rings. The number of carbonyl (C=O) groups excluding carboxylic acids is 3. The Labute approximate surface area is 278 Å². The maximum absolute atomic E-state index is 13.7. The largest absolute Gasteiger partial charge is 0.361 e. The van der Waals surface area contributed by atoms with Crippen LogP contribution in [-0.2, 0) is 33.8 Å². The van der Waals surface area contributed by atoms with Crippen LogP contribution in [-0.4, -0.2) is 40.3 Å². The maximum atomic E-state index is 13.7. The molecule has 3 heterocycles. The van der Waals surface area contributed by atoms with Crippen molar-refractivity contribution in [1.82, 2.24) is 20.6 Å². The maximum Gasteiger partial charge on any atom is 0.242 e. The molecule has 4 aromatic carbocycles. The van der Waals surface area contributed by atoms with Crippen molar-refractivity contribution in [3.63, 3.8) is 0 Å². The zero-order chi connectivity index (χ0) is 32.9. The van der Waals surface area contributed by atoms with E-state index in [-0.39, 0.29) is 30.6 Å². The zero-order valence-electron chi connectivity index (χ0n) is 26.4. The van der Waals surface area contributed by atoms with Gasteiger partial charge in [-0.25, -0.2) is 0 Å². The third kappa shape index (κ3) is 6.58. The van der Waals surface area contributed by atoms with E-state index >= 15 is 0 Å². The lowest BCUT2D eigenvalue weighted by molar-refractivity contribution is -0.129. The first kappa shape index (κ1) is 30.6. The summed E-state index contributed by atoms with van der Waals surface area (Å²) in [7, 11) is 0. The van der Waals surface area contributed by atoms with Gasteiger partial charge in [0.15, 0.2) is 0 Å². The number of anilines is 1. The molecular weight excluding hydrogens is 598 g/mol. The van der Waals surface area contributed by atoms with Crippen molar-refractivity contribution in [3.8, 4) is 11.8 Å². The third-order valence-corrected chi connectivity index (χ3v) is 8.86. The lowest BCUT2D eigenvalue weighted by Crippen LogP contribution is -2.48. The second-order valence-electron chi connectivity index (χ2n) is 12.0. The average molecular weight is 634 g/mol. The number of carbonyl (C=O) groups is 3. The topological polar surface area (TPSA) is 110 Å². The summed E-state index contributed by atoms with van der Waals surface area (Å²) < 4.78 is 0. The first-order valence-electron chi connectivity index (χ1n) is 16.2. The van der Waals surface area contributed by atoms with Gasteiger partial charge < -0.3 is 25.5 Å². The molecule has 7 rings (SSSR count). The van der Waals surface area contributed by atoms with Gasteiger partial charge in [-0.3, -0.25) is 14.4 Å². The molecule has 1 aliphatic heterocycles. The fourth-order valence-electron chi connectivity index (χ4n) is 6.34. The quantitative estimate of drug-likeness (QED) is 0.144. The van der Waals surface area contributed by atoms with Gasteiger partial charge in [-0.1, -0.05) is 78.6 Å². The molecule has 8 heteroatoms. The molecule has 0 spiro atoms. The Balaban J connectivity index is 1.04. The summed E-state index contributed by atoms with van der Waals surface area (Å²) in [5, 5.41) is 8.10. The van der Waals surface area contributed by atoms with E-state index in [1.807, 2.05) is 103 Å². The molecule has 8 nitrogen and oxygen atoms in total. The van der Waals surface area contributed by atoms with Crippen LogP contribution in [0.25, 0.3) is 21.8 Å². The van der Waals surface area contributed by atoms with E-state index < -0.39 is 6.04 Å². The summed E-state index contributed by atoms with van der Waals surface area (Å²) >= 11 is 0. The minimum Gasteiger partial charge on any atom is -0.361 e. The Morgan fingerprint density at radius 2 is 1.35 bits per heavy atom. The number of aromatic nitrogens is 2. The number of amides is 3. The van der Waals surface area contributed by atoms with Gasteiger partial charge >= 0.3 is 0 Å². The van der Waals surface area contributed by atoms with Gasteiger partial charge in [-0.05, 0) is 53.4 Å². The summed E-state index contributed by atoms with van der Waals surface area (Å²) in [5.74, 6) is 5.62. The number of para-hydroxylation sites is 3. The van der Waals surface area contributed by atoms with Crippen molar-refractivity contribution in [3.05, 3.63) is 137 Å². The van der Waals surface area contributed by atoms with Crippen LogP contribution >= 0.6 is 0 Å². The Kier molecular flexibility index (Phi) is 8.75. The van der Waals surface area contributed by atoms with Crippen molar-refractivity contribution < 1.29 is 14.4 Å². The lowest BCUT2D eigenvalue weighted by Gasteiger charge is -2.26. The van der Waals surface area contributed by atoms with E-state index in [1.165, 1.54) is 0 Å². The van der Waals surface area contributed by atoms with Crippen LogP contribution < -0.4 is 15.5 Å². The van der Waals surface area contributed by atoms with E-state index in [0.29, 0.717) is 25.9 Å². The normalized spacial score (nSPS) is 12.6. The molecule has 0 saturated carbocycles. The molecule has 1 unspecified atom stereocenters. The number of aromatic amines is 2. The van der Waals surface area contributed by atoms with Crippen LogP contribution in [0.5, 0.6) is 0 Å². The molecule has 1 aliphatic rings. The summed E-state index contributed by atoms with van der Waals surface area (Å²) in [5.41, 5.74) is 7.34. The van der Waals surface area contributed by atoms with Gasteiger partial charge in [0.1, 0.15) is 6.04 Å². The Hall–Kier alpha value is -6.07. The molecule has 0 saturated heterocycles. The number of hydrogen-bond acceptors (Lipinski definition) is 3. The first-order chi connectivity index (χ1) is 23.5. The Morgan fingerprint density at radius 1 is 0.729 bits per heavy atom. The van der Waals surface area contributed by atoms with Crippen LogP contribution in [0.15, 0.2) is 109 Å². The van der Waals surface area contributed by atoms with E-state index in [1.54, 1.807) is 4.90 Å². The van der Waals surface area contributed by atoms with Crippen molar-refractivity contribution in [2.45, 2.75) is 38.3 Å². The summed E-state index contributed by atoms with van der Waals surface area (Å²) in [6.45, 7) is 0.766. The molecule has 238 valence electrons. The highest BCUT2D eigenvalue weighted by Gasteiger charge is 2.25. The minimum absolute atomic E-state index is 0.0161. The lowest BCUT2D eigenvalue weighted by atomic mass is 10.0. The van der Waals surface area contributed by atoms with Crippen LogP contribution in [0.4, 0.5) is 5.69 Å². The highest BCUT2D eigenvalue weighted by atomic mass is 16.2. The number of rotatable bonds is 10. The molecule has 3 amide bonds. The van der Waals surface area contributed by atoms with Crippen LogP contribution in [0, 0.1) is 11.8 Å². The van der Waals surface area contributed by atoms with E-state index in [0.717, 1.165) is 55.3 Å². The summed E-state index contributed by atoms with van der Waals surface area (Å²) in [6.07, 6.45) is 4.72. The fraction of sp³-hybridized carbons (Fsp3) is 0.175. The average Bonchev–Trinajstić information content (AvgIpc) is 3.72. The van der Waals surface area contributed by atoms with E-state index in [9.17, 15) is 14.4 Å². The Morgan fingerprint density at radius 3 is 2.15 bits per heavy atom. The molecular formula is C40H35N5O3. The van der Waals surface area contributed by atoms with Crippen LogP contribution in [0.2, 0.25) is 0 Å². The smallest absolute Gasteiger partial charge is 0.242 e. The molecule has 2 aromatic heterocycles. The van der Waals surface area contributed by atoms with Crippen LogP contribution in [0.1, 0.15) is 40.7 Å². The highest BCUT2D eigenvalue weighted by molar-refractivity contribution is 5.97. The molecule has 4 N–H and O–H groups in total. The second kappa shape index (κ2) is 13.7. The number of fused-ring (bicyclic) bond motifs is 4. The van der Waals surface area contributed by atoms with Crippen LogP contribution in [0.3, 0.4) is 0 Å². The highest BCUT2D eigenvalue weighted by Crippen LogP contribution is 2.26. The molecule has 1 atom stereocenters. The van der Waals surface area contributed by atoms with Crippen molar-refractivity contribution >= 4 is 45.2 Å². The fourth-order valence-corrected chi connectivity index (χ4v) is 6.34. The minimum atomic E-state index is -0.820. The van der Waals surface area contributed by atoms with Crippen molar-refractivity contribution in [2.24, 2.45) is 0 Å². The third-order valence-electron chi connectivity index (χ3n) is 8.86. The molecule has 6 aromatic rings. The zero-order valence-corrected chi connectivity index (χ0v) is 26.4. The predicted molar refractivity (Wildman–Crippen MR) is 188 cm³/mol. The first-order valence-corrected chi connectivity index (χ1v) is 16.2. The van der Waals surface area contributed by atoms with E-state index in [2.05, 4.69) is 38.5 Å². The number of nitrogens with zero attached hydrogens (tertiary/aromatic N) is 1. The van der Waals surface area contributed by atoms with Gasteiger partial charge in [0.25, 0.3) is 0 Å². The van der Waals surface area contributed by atoms with Gasteiger partial charge in [0.2, 0.25) is 17.7 Å². The Bertz CT molecular complexity index is 2200. The number of nitrogens with one attached hydrogen (secondary N) is 4. The monoisotopic (exact) mass is 633 g/mol. The number of H-pyrrole nitrogens is 2. The SMILES string of the molecule is O=C(CCC(=O)N1Cc2ccccc2C#Cc2ccccc21)NC(Cc1c[nH]c2ccccc12)C(=O)NCCc1c[nH]c2ccccc12. The van der Waals surface area contributed by atoms with Gasteiger partial charge in [0, 0.05) is 71.1 Å². The van der Waals surface area contributed by atoms with Crippen molar-refractivity contribution in [2.75, 3.05) is 11.4 Å².